The van der Waals surface area contributed by atoms with E-state index >= 15 is 0 Å². The molecule has 1 N–H and O–H groups in total. The first-order valence-corrected chi connectivity index (χ1v) is 9.90. The highest BCUT2D eigenvalue weighted by atomic mass is 19.1. The van der Waals surface area contributed by atoms with E-state index in [1.165, 1.54) is 12.1 Å². The Balaban J connectivity index is 1.66. The molecule has 30 heavy (non-hydrogen) atoms. The Bertz CT molecular complexity index is 1120. The molecule has 156 valence electrons. The number of hydrogen-bond acceptors (Lipinski definition) is 4. The van der Waals surface area contributed by atoms with E-state index in [4.69, 9.17) is 4.74 Å². The molecule has 1 aromatic carbocycles. The molecule has 6 nitrogen and oxygen atoms in total. The molecule has 1 aliphatic rings. The normalized spacial score (nSPS) is 14.3. The molecular weight excluding hydrogens is 383 g/mol. The second kappa shape index (κ2) is 8.28. The number of carbonyl (C=O) groups is 1. The molecule has 1 amide bonds. The van der Waals surface area contributed by atoms with Gasteiger partial charge in [0.05, 0.1) is 13.7 Å². The summed E-state index contributed by atoms with van der Waals surface area (Å²) >= 11 is 0. The van der Waals surface area contributed by atoms with Crippen LogP contribution in [0, 0.1) is 5.82 Å². The van der Waals surface area contributed by atoms with E-state index in [-0.39, 0.29) is 11.7 Å². The lowest BCUT2D eigenvalue weighted by Gasteiger charge is -2.27. The number of aromatic nitrogens is 2. The molecule has 0 unspecified atom stereocenters. The second-order valence-corrected chi connectivity index (χ2v) is 7.71. The summed E-state index contributed by atoms with van der Waals surface area (Å²) in [4.78, 5) is 23.9. The van der Waals surface area contributed by atoms with Crippen molar-refractivity contribution in [2.24, 2.45) is 0 Å². The number of hydrogen-bond donors (Lipinski definition) is 1. The average molecular weight is 408 g/mol. The standard InChI is InChI=1S/C23H25FN4O2/c1-27(2)14-22(29)28-10-7-15(8-11-28)20-13-19-17(6-9-25-23(19)26-20)18-12-16(24)4-5-21(18)30-3/h4-7,9,12-13H,8,10-11,14H2,1-3H3,(H,25,26). The molecular formula is C23H25FN4O2. The van der Waals surface area contributed by atoms with Gasteiger partial charge in [-0.2, -0.15) is 0 Å². The minimum atomic E-state index is -0.316. The maximum absolute atomic E-state index is 13.9. The Morgan fingerprint density at radius 2 is 2.10 bits per heavy atom. The van der Waals surface area contributed by atoms with E-state index in [2.05, 4.69) is 16.0 Å². The number of rotatable bonds is 5. The van der Waals surface area contributed by atoms with E-state index in [1.54, 1.807) is 19.4 Å². The number of likely N-dealkylation sites (N-methyl/N-ethyl adjacent to an activating group) is 1. The van der Waals surface area contributed by atoms with E-state index in [0.717, 1.165) is 34.3 Å². The number of nitrogens with one attached hydrogen (secondary N) is 1. The first-order chi connectivity index (χ1) is 14.5. The molecule has 0 aliphatic carbocycles. The van der Waals surface area contributed by atoms with Crippen LogP contribution < -0.4 is 4.74 Å². The van der Waals surface area contributed by atoms with Gasteiger partial charge in [0.2, 0.25) is 5.91 Å². The van der Waals surface area contributed by atoms with Crippen molar-refractivity contribution < 1.29 is 13.9 Å². The quantitative estimate of drug-likeness (QED) is 0.701. The summed E-state index contributed by atoms with van der Waals surface area (Å²) in [6.45, 7) is 1.69. The highest BCUT2D eigenvalue weighted by Crippen LogP contribution is 2.36. The van der Waals surface area contributed by atoms with Crippen molar-refractivity contribution in [1.82, 2.24) is 19.8 Å². The molecule has 7 heteroatoms. The van der Waals surface area contributed by atoms with E-state index in [1.807, 2.05) is 36.0 Å². The molecule has 3 aromatic rings. The Morgan fingerprint density at radius 1 is 1.27 bits per heavy atom. The summed E-state index contributed by atoms with van der Waals surface area (Å²) in [5, 5.41) is 0.906. The van der Waals surface area contributed by atoms with Gasteiger partial charge in [-0.05, 0) is 62.0 Å². The van der Waals surface area contributed by atoms with Gasteiger partial charge in [-0.1, -0.05) is 6.08 Å². The molecule has 2 aromatic heterocycles. The van der Waals surface area contributed by atoms with Crippen molar-refractivity contribution in [2.45, 2.75) is 6.42 Å². The summed E-state index contributed by atoms with van der Waals surface area (Å²) in [7, 11) is 5.37. The molecule has 0 bridgehead atoms. The molecule has 3 heterocycles. The maximum atomic E-state index is 13.9. The minimum absolute atomic E-state index is 0.133. The van der Waals surface area contributed by atoms with Crippen LogP contribution in [-0.2, 0) is 4.79 Å². The Morgan fingerprint density at radius 3 is 2.80 bits per heavy atom. The topological polar surface area (TPSA) is 61.5 Å². The molecule has 0 fully saturated rings. The lowest BCUT2D eigenvalue weighted by Crippen LogP contribution is -2.40. The predicted octanol–water partition coefficient (Wildman–Crippen LogP) is 3.55. The molecule has 0 radical (unpaired) electrons. The van der Waals surface area contributed by atoms with Crippen LogP contribution in [0.5, 0.6) is 5.75 Å². The number of carbonyl (C=O) groups excluding carboxylic acids is 1. The number of halogens is 1. The zero-order chi connectivity index (χ0) is 21.3. The zero-order valence-corrected chi connectivity index (χ0v) is 17.4. The van der Waals surface area contributed by atoms with Gasteiger partial charge in [0.25, 0.3) is 0 Å². The molecule has 0 spiro atoms. The number of H-pyrrole nitrogens is 1. The van der Waals surface area contributed by atoms with Crippen LogP contribution in [0.2, 0.25) is 0 Å². The first-order valence-electron chi connectivity index (χ1n) is 9.90. The lowest BCUT2D eigenvalue weighted by molar-refractivity contribution is -0.131. The van der Waals surface area contributed by atoms with Crippen LogP contribution in [0.1, 0.15) is 12.1 Å². The van der Waals surface area contributed by atoms with Crippen molar-refractivity contribution in [1.29, 1.82) is 0 Å². The van der Waals surface area contributed by atoms with Crippen molar-refractivity contribution in [3.63, 3.8) is 0 Å². The summed E-state index contributed by atoms with van der Waals surface area (Å²) < 4.78 is 19.4. The maximum Gasteiger partial charge on any atom is 0.237 e. The number of fused-ring (bicyclic) bond motifs is 1. The Hall–Kier alpha value is -3.19. The molecule has 1 aliphatic heterocycles. The van der Waals surface area contributed by atoms with Crippen molar-refractivity contribution in [3.05, 3.63) is 54.1 Å². The van der Waals surface area contributed by atoms with Gasteiger partial charge in [-0.15, -0.1) is 0 Å². The highest BCUT2D eigenvalue weighted by Gasteiger charge is 2.20. The summed E-state index contributed by atoms with van der Waals surface area (Å²) in [6, 6.07) is 8.42. The zero-order valence-electron chi connectivity index (χ0n) is 17.4. The summed E-state index contributed by atoms with van der Waals surface area (Å²) in [6.07, 6.45) is 4.56. The number of amides is 1. The number of aromatic amines is 1. The van der Waals surface area contributed by atoms with Gasteiger partial charge in [0.1, 0.15) is 17.2 Å². The van der Waals surface area contributed by atoms with Crippen LogP contribution in [-0.4, -0.2) is 66.5 Å². The smallest absolute Gasteiger partial charge is 0.237 e. The van der Waals surface area contributed by atoms with Gasteiger partial charge in [-0.25, -0.2) is 9.37 Å². The van der Waals surface area contributed by atoms with Crippen LogP contribution >= 0.6 is 0 Å². The van der Waals surface area contributed by atoms with Crippen molar-refractivity contribution >= 4 is 22.5 Å². The van der Waals surface area contributed by atoms with Crippen molar-refractivity contribution in [2.75, 3.05) is 40.8 Å². The third-order valence-electron chi connectivity index (χ3n) is 5.34. The summed E-state index contributed by atoms with van der Waals surface area (Å²) in [5.74, 6) is 0.427. The fraction of sp³-hybridized carbons (Fsp3) is 0.304. The van der Waals surface area contributed by atoms with Crippen LogP contribution in [0.4, 0.5) is 4.39 Å². The molecule has 0 saturated carbocycles. The van der Waals surface area contributed by atoms with Gasteiger partial charge in [-0.3, -0.25) is 4.79 Å². The van der Waals surface area contributed by atoms with Gasteiger partial charge >= 0.3 is 0 Å². The fourth-order valence-electron chi connectivity index (χ4n) is 3.84. The molecule has 4 rings (SSSR count). The predicted molar refractivity (Wildman–Crippen MR) is 116 cm³/mol. The van der Waals surface area contributed by atoms with Crippen molar-refractivity contribution in [3.8, 4) is 16.9 Å². The molecule has 0 atom stereocenters. The summed E-state index contributed by atoms with van der Waals surface area (Å²) in [5.41, 5.74) is 4.41. The monoisotopic (exact) mass is 408 g/mol. The van der Waals surface area contributed by atoms with Gasteiger partial charge in [0, 0.05) is 35.9 Å². The largest absolute Gasteiger partial charge is 0.496 e. The fourth-order valence-corrected chi connectivity index (χ4v) is 3.84. The third kappa shape index (κ3) is 3.93. The minimum Gasteiger partial charge on any atom is -0.496 e. The first kappa shape index (κ1) is 20.1. The average Bonchev–Trinajstić information content (AvgIpc) is 3.18. The second-order valence-electron chi connectivity index (χ2n) is 7.71. The highest BCUT2D eigenvalue weighted by molar-refractivity contribution is 5.96. The van der Waals surface area contributed by atoms with Gasteiger partial charge in [0.15, 0.2) is 0 Å². The number of pyridine rings is 1. The Labute approximate surface area is 175 Å². The number of methoxy groups -OCH3 is 1. The number of benzene rings is 1. The number of nitrogens with zero attached hydrogens (tertiary/aromatic N) is 3. The molecule has 0 saturated heterocycles. The van der Waals surface area contributed by atoms with E-state index < -0.39 is 0 Å². The van der Waals surface area contributed by atoms with Crippen LogP contribution in [0.25, 0.3) is 27.7 Å². The van der Waals surface area contributed by atoms with Crippen LogP contribution in [0.15, 0.2) is 42.6 Å². The van der Waals surface area contributed by atoms with Gasteiger partial charge < -0.3 is 19.5 Å². The van der Waals surface area contributed by atoms with E-state index in [9.17, 15) is 9.18 Å². The number of ether oxygens (including phenoxy) is 1. The van der Waals surface area contributed by atoms with Crippen LogP contribution in [0.3, 0.4) is 0 Å². The third-order valence-corrected chi connectivity index (χ3v) is 5.34. The van der Waals surface area contributed by atoms with E-state index in [0.29, 0.717) is 30.9 Å². The SMILES string of the molecule is COc1ccc(F)cc1-c1ccnc2[nH]c(C3=CCN(C(=O)CN(C)C)CC3)cc12. The Kier molecular flexibility index (Phi) is 5.55. The lowest BCUT2D eigenvalue weighted by atomic mass is 10.0.